The lowest BCUT2D eigenvalue weighted by Gasteiger charge is -2.48. The highest BCUT2D eigenvalue weighted by molar-refractivity contribution is 5.80. The molecule has 5 nitrogen and oxygen atoms in total. The van der Waals surface area contributed by atoms with Crippen molar-refractivity contribution in [1.82, 2.24) is 20.1 Å². The molecule has 2 unspecified atom stereocenters. The molecular formula is C24H33N5. The van der Waals surface area contributed by atoms with Gasteiger partial charge in [-0.2, -0.15) is 0 Å². The molecule has 2 fully saturated rings. The molecule has 1 aromatic carbocycles. The van der Waals surface area contributed by atoms with Gasteiger partial charge in [0.05, 0.1) is 0 Å². The number of pyridine rings is 1. The average molecular weight is 392 g/mol. The van der Waals surface area contributed by atoms with Gasteiger partial charge >= 0.3 is 0 Å². The predicted molar refractivity (Wildman–Crippen MR) is 119 cm³/mol. The number of nitrogens with one attached hydrogen (secondary N) is 1. The fourth-order valence-corrected chi connectivity index (χ4v) is 4.89. The second kappa shape index (κ2) is 9.88. The van der Waals surface area contributed by atoms with E-state index in [0.29, 0.717) is 6.04 Å². The fraction of sp³-hybridized carbons (Fsp3) is 0.500. The highest BCUT2D eigenvalue weighted by Gasteiger charge is 2.36. The summed E-state index contributed by atoms with van der Waals surface area (Å²) in [6, 6.07) is 17.7. The monoisotopic (exact) mass is 391 g/mol. The first-order valence-electron chi connectivity index (χ1n) is 11.0. The van der Waals surface area contributed by atoms with Crippen LogP contribution in [0, 0.1) is 5.92 Å². The second-order valence-corrected chi connectivity index (χ2v) is 8.21. The maximum Gasteiger partial charge on any atom is 0.193 e. The van der Waals surface area contributed by atoms with Crippen LogP contribution in [0.15, 0.2) is 59.7 Å². The zero-order valence-electron chi connectivity index (χ0n) is 17.5. The number of aliphatic imine (C=N–C) groups is 1. The third-order valence-electron chi connectivity index (χ3n) is 6.31. The number of guanidine groups is 1. The number of aromatic nitrogens is 1. The van der Waals surface area contributed by atoms with E-state index in [2.05, 4.69) is 61.5 Å². The third-order valence-corrected chi connectivity index (χ3v) is 6.31. The van der Waals surface area contributed by atoms with E-state index < -0.39 is 0 Å². The third kappa shape index (κ3) is 5.15. The molecule has 0 saturated carbocycles. The maximum atomic E-state index is 4.56. The predicted octanol–water partition coefficient (Wildman–Crippen LogP) is 3.19. The van der Waals surface area contributed by atoms with Crippen molar-refractivity contribution in [2.75, 3.05) is 33.2 Å². The summed E-state index contributed by atoms with van der Waals surface area (Å²) in [7, 11) is 1.90. The van der Waals surface area contributed by atoms with E-state index in [1.54, 1.807) is 0 Å². The molecule has 3 heterocycles. The van der Waals surface area contributed by atoms with Gasteiger partial charge in [0.2, 0.25) is 0 Å². The Bertz CT molecular complexity index is 776. The largest absolute Gasteiger partial charge is 0.356 e. The second-order valence-electron chi connectivity index (χ2n) is 8.21. The van der Waals surface area contributed by atoms with Gasteiger partial charge in [0.25, 0.3) is 0 Å². The highest BCUT2D eigenvalue weighted by atomic mass is 15.3. The Morgan fingerprint density at radius 3 is 2.76 bits per heavy atom. The number of nitrogens with zero attached hydrogens (tertiary/aromatic N) is 4. The molecule has 2 aliphatic rings. The molecule has 154 valence electrons. The Kier molecular flexibility index (Phi) is 6.78. The van der Waals surface area contributed by atoms with Crippen LogP contribution < -0.4 is 5.32 Å². The minimum Gasteiger partial charge on any atom is -0.356 e. The Balaban J connectivity index is 1.31. The summed E-state index contributed by atoms with van der Waals surface area (Å²) in [5.74, 6) is 1.77. The lowest BCUT2D eigenvalue weighted by molar-refractivity contribution is 0.0373. The van der Waals surface area contributed by atoms with Gasteiger partial charge in [0.15, 0.2) is 5.96 Å². The molecule has 2 aliphatic heterocycles. The summed E-state index contributed by atoms with van der Waals surface area (Å²) in [6.45, 7) is 5.37. The van der Waals surface area contributed by atoms with Crippen LogP contribution in [0.25, 0.3) is 0 Å². The Hall–Kier alpha value is -2.40. The number of hydrogen-bond acceptors (Lipinski definition) is 3. The number of benzene rings is 1. The molecule has 1 N–H and O–H groups in total. The molecule has 0 radical (unpaired) electrons. The van der Waals surface area contributed by atoms with Gasteiger partial charge in [-0.3, -0.25) is 14.9 Å². The molecule has 0 amide bonds. The van der Waals surface area contributed by atoms with E-state index in [1.165, 1.54) is 31.4 Å². The van der Waals surface area contributed by atoms with Crippen molar-refractivity contribution in [2.24, 2.45) is 10.9 Å². The Morgan fingerprint density at radius 2 is 1.97 bits per heavy atom. The molecule has 29 heavy (non-hydrogen) atoms. The van der Waals surface area contributed by atoms with Crippen LogP contribution in [-0.2, 0) is 13.0 Å². The van der Waals surface area contributed by atoms with Crippen molar-refractivity contribution >= 4 is 5.96 Å². The summed E-state index contributed by atoms with van der Waals surface area (Å²) >= 11 is 0. The fourth-order valence-electron chi connectivity index (χ4n) is 4.89. The quantitative estimate of drug-likeness (QED) is 0.628. The van der Waals surface area contributed by atoms with E-state index in [1.807, 2.05) is 25.4 Å². The molecule has 0 spiro atoms. The lowest BCUT2D eigenvalue weighted by atomic mass is 9.83. The number of rotatable bonds is 5. The normalized spacial score (nSPS) is 22.9. The zero-order valence-corrected chi connectivity index (χ0v) is 17.5. The molecule has 2 saturated heterocycles. The van der Waals surface area contributed by atoms with Gasteiger partial charge in [-0.25, -0.2) is 0 Å². The van der Waals surface area contributed by atoms with Crippen LogP contribution >= 0.6 is 0 Å². The topological polar surface area (TPSA) is 43.8 Å². The molecule has 5 heteroatoms. The molecule has 2 atom stereocenters. The van der Waals surface area contributed by atoms with Crippen LogP contribution in [0.3, 0.4) is 0 Å². The number of piperidine rings is 2. The first-order chi connectivity index (χ1) is 14.3. The Morgan fingerprint density at radius 1 is 1.10 bits per heavy atom. The summed E-state index contributed by atoms with van der Waals surface area (Å²) < 4.78 is 0. The summed E-state index contributed by atoms with van der Waals surface area (Å²) in [6.07, 6.45) is 6.63. The van der Waals surface area contributed by atoms with Gasteiger partial charge in [-0.05, 0) is 49.4 Å². The zero-order chi connectivity index (χ0) is 19.9. The van der Waals surface area contributed by atoms with E-state index in [-0.39, 0.29) is 0 Å². The smallest absolute Gasteiger partial charge is 0.193 e. The van der Waals surface area contributed by atoms with Crippen LogP contribution in [0.4, 0.5) is 0 Å². The van der Waals surface area contributed by atoms with E-state index in [4.69, 9.17) is 0 Å². The van der Waals surface area contributed by atoms with Crippen molar-refractivity contribution in [3.63, 3.8) is 0 Å². The SMILES string of the molecule is CN=C(NCCc1ccccn1)N1CCC2C(CCCN2Cc2ccccc2)C1. The van der Waals surface area contributed by atoms with Gasteiger partial charge in [-0.1, -0.05) is 36.4 Å². The standard InChI is InChI=1S/C24H33N5/c1-25-24(27-15-12-22-11-5-6-14-26-22)29-17-13-23-21(19-29)10-7-16-28(23)18-20-8-3-2-4-9-20/h2-6,8-9,11,14,21,23H,7,10,12-13,15-19H2,1H3,(H,25,27). The van der Waals surface area contributed by atoms with Crippen LogP contribution in [-0.4, -0.2) is 60.0 Å². The summed E-state index contributed by atoms with van der Waals surface area (Å²) in [4.78, 5) is 14.2. The van der Waals surface area contributed by atoms with Gasteiger partial charge in [0, 0.05) is 57.6 Å². The molecule has 2 aromatic rings. The van der Waals surface area contributed by atoms with E-state index in [9.17, 15) is 0 Å². The van der Waals surface area contributed by atoms with E-state index in [0.717, 1.165) is 50.2 Å². The molecule has 4 rings (SSSR count). The van der Waals surface area contributed by atoms with Gasteiger partial charge < -0.3 is 10.2 Å². The van der Waals surface area contributed by atoms with Crippen molar-refractivity contribution in [3.05, 3.63) is 66.0 Å². The van der Waals surface area contributed by atoms with Gasteiger partial charge in [-0.15, -0.1) is 0 Å². The average Bonchev–Trinajstić information content (AvgIpc) is 2.78. The minimum absolute atomic E-state index is 0.701. The minimum atomic E-state index is 0.701. The number of likely N-dealkylation sites (tertiary alicyclic amines) is 2. The lowest BCUT2D eigenvalue weighted by Crippen LogP contribution is -2.56. The van der Waals surface area contributed by atoms with E-state index >= 15 is 0 Å². The number of hydrogen-bond donors (Lipinski definition) is 1. The van der Waals surface area contributed by atoms with Crippen LogP contribution in [0.5, 0.6) is 0 Å². The first-order valence-corrected chi connectivity index (χ1v) is 11.0. The van der Waals surface area contributed by atoms with Crippen molar-refractivity contribution in [3.8, 4) is 0 Å². The van der Waals surface area contributed by atoms with Crippen LogP contribution in [0.1, 0.15) is 30.5 Å². The van der Waals surface area contributed by atoms with Crippen molar-refractivity contribution in [1.29, 1.82) is 0 Å². The molecule has 0 bridgehead atoms. The van der Waals surface area contributed by atoms with Gasteiger partial charge in [0.1, 0.15) is 0 Å². The maximum absolute atomic E-state index is 4.56. The van der Waals surface area contributed by atoms with Crippen molar-refractivity contribution < 1.29 is 0 Å². The summed E-state index contributed by atoms with van der Waals surface area (Å²) in [5.41, 5.74) is 2.56. The molecule has 0 aliphatic carbocycles. The van der Waals surface area contributed by atoms with Crippen LogP contribution in [0.2, 0.25) is 0 Å². The Labute approximate surface area is 174 Å². The number of fused-ring (bicyclic) bond motifs is 1. The first kappa shape index (κ1) is 19.9. The summed E-state index contributed by atoms with van der Waals surface area (Å²) in [5, 5.41) is 3.56. The van der Waals surface area contributed by atoms with Crippen molar-refractivity contribution in [2.45, 2.75) is 38.3 Å². The highest BCUT2D eigenvalue weighted by Crippen LogP contribution is 2.31. The molecule has 1 aromatic heterocycles. The molecular weight excluding hydrogens is 358 g/mol.